The zero-order valence-corrected chi connectivity index (χ0v) is 13.5. The summed E-state index contributed by atoms with van der Waals surface area (Å²) in [4.78, 5) is 6.57. The molecule has 0 unspecified atom stereocenters. The van der Waals surface area contributed by atoms with Crippen LogP contribution >= 0.6 is 0 Å². The third-order valence-electron chi connectivity index (χ3n) is 3.18. The summed E-state index contributed by atoms with van der Waals surface area (Å²) in [6.45, 7) is 4.68. The van der Waals surface area contributed by atoms with Crippen LogP contribution in [-0.2, 0) is 6.54 Å². The van der Waals surface area contributed by atoms with Crippen LogP contribution in [0.15, 0.2) is 30.5 Å². The number of aromatic nitrogens is 3. The van der Waals surface area contributed by atoms with E-state index in [1.165, 1.54) is 11.1 Å². The molecule has 22 heavy (non-hydrogen) atoms. The first kappa shape index (κ1) is 16.2. The Balaban J connectivity index is 1.83. The highest BCUT2D eigenvalue weighted by Crippen LogP contribution is 2.08. The van der Waals surface area contributed by atoms with Crippen LogP contribution in [-0.4, -0.2) is 47.3 Å². The second kappa shape index (κ2) is 8.29. The first-order valence-corrected chi connectivity index (χ1v) is 7.51. The van der Waals surface area contributed by atoms with Gasteiger partial charge in [0.2, 0.25) is 5.95 Å². The number of nitrogens with zero attached hydrogens (tertiary/aromatic N) is 4. The van der Waals surface area contributed by atoms with E-state index in [4.69, 9.17) is 0 Å². The number of aryl methyl sites for hydroxylation is 1. The Morgan fingerprint density at radius 3 is 2.82 bits per heavy atom. The predicted octanol–water partition coefficient (Wildman–Crippen LogP) is 2.16. The molecule has 0 bridgehead atoms. The summed E-state index contributed by atoms with van der Waals surface area (Å²) in [5.41, 5.74) is 2.47. The van der Waals surface area contributed by atoms with Crippen molar-refractivity contribution in [2.75, 3.05) is 37.8 Å². The second-order valence-electron chi connectivity index (χ2n) is 5.59. The second-order valence-corrected chi connectivity index (χ2v) is 5.59. The zero-order valence-electron chi connectivity index (χ0n) is 13.5. The number of anilines is 2. The fourth-order valence-corrected chi connectivity index (χ4v) is 2.07. The van der Waals surface area contributed by atoms with Crippen LogP contribution in [0.2, 0.25) is 0 Å². The van der Waals surface area contributed by atoms with Gasteiger partial charge in [-0.2, -0.15) is 10.1 Å². The third kappa shape index (κ3) is 5.65. The molecule has 0 atom stereocenters. The molecule has 6 nitrogen and oxygen atoms in total. The monoisotopic (exact) mass is 300 g/mol. The number of nitrogens with one attached hydrogen (secondary N) is 2. The Hall–Kier alpha value is -2.21. The van der Waals surface area contributed by atoms with Gasteiger partial charge in [-0.25, -0.2) is 0 Å². The normalized spacial score (nSPS) is 10.7. The molecule has 0 saturated heterocycles. The maximum Gasteiger partial charge on any atom is 0.244 e. The van der Waals surface area contributed by atoms with Gasteiger partial charge in [-0.1, -0.05) is 29.8 Å². The summed E-state index contributed by atoms with van der Waals surface area (Å²) >= 11 is 0. The van der Waals surface area contributed by atoms with Crippen molar-refractivity contribution in [3.8, 4) is 0 Å². The van der Waals surface area contributed by atoms with Gasteiger partial charge in [-0.05, 0) is 39.5 Å². The van der Waals surface area contributed by atoms with Gasteiger partial charge in [0.05, 0.1) is 6.20 Å². The molecule has 2 rings (SSSR count). The Bertz CT molecular complexity index is 584. The van der Waals surface area contributed by atoms with Gasteiger partial charge in [0.15, 0.2) is 5.82 Å². The standard InChI is InChI=1S/C16H24N6/c1-13-6-4-7-14(10-13)11-18-15-12-19-21-16(20-15)17-8-5-9-22(2)3/h4,6-7,10,12H,5,8-9,11H2,1-3H3,(H2,17,18,20,21). The number of hydrogen-bond donors (Lipinski definition) is 2. The minimum Gasteiger partial charge on any atom is -0.365 e. The van der Waals surface area contributed by atoms with Gasteiger partial charge in [0, 0.05) is 13.1 Å². The van der Waals surface area contributed by atoms with Crippen LogP contribution in [0, 0.1) is 6.92 Å². The van der Waals surface area contributed by atoms with E-state index >= 15 is 0 Å². The molecule has 0 saturated carbocycles. The van der Waals surface area contributed by atoms with Crippen molar-refractivity contribution in [2.45, 2.75) is 19.9 Å². The summed E-state index contributed by atoms with van der Waals surface area (Å²) < 4.78 is 0. The molecule has 0 radical (unpaired) electrons. The lowest BCUT2D eigenvalue weighted by Crippen LogP contribution is -2.17. The zero-order chi connectivity index (χ0) is 15.8. The number of hydrogen-bond acceptors (Lipinski definition) is 6. The SMILES string of the molecule is Cc1cccc(CNc2cnnc(NCCCN(C)C)n2)c1. The first-order valence-electron chi connectivity index (χ1n) is 7.51. The van der Waals surface area contributed by atoms with Gasteiger partial charge in [0.1, 0.15) is 0 Å². The van der Waals surface area contributed by atoms with Crippen LogP contribution in [0.4, 0.5) is 11.8 Å². The largest absolute Gasteiger partial charge is 0.365 e. The minimum atomic E-state index is 0.563. The molecule has 0 aliphatic rings. The molecule has 1 aromatic heterocycles. The van der Waals surface area contributed by atoms with E-state index in [1.54, 1.807) is 6.20 Å². The fourth-order valence-electron chi connectivity index (χ4n) is 2.07. The van der Waals surface area contributed by atoms with E-state index in [9.17, 15) is 0 Å². The predicted molar refractivity (Wildman–Crippen MR) is 90.0 cm³/mol. The molecule has 0 aliphatic heterocycles. The molecule has 0 spiro atoms. The molecular formula is C16H24N6. The van der Waals surface area contributed by atoms with E-state index in [-0.39, 0.29) is 0 Å². The average molecular weight is 300 g/mol. The Kier molecular flexibility index (Phi) is 6.09. The van der Waals surface area contributed by atoms with Crippen LogP contribution in [0.5, 0.6) is 0 Å². The summed E-state index contributed by atoms with van der Waals surface area (Å²) in [5, 5.41) is 14.5. The van der Waals surface area contributed by atoms with Crippen LogP contribution in [0.1, 0.15) is 17.5 Å². The molecule has 118 valence electrons. The van der Waals surface area contributed by atoms with Crippen molar-refractivity contribution >= 4 is 11.8 Å². The molecule has 2 aromatic rings. The van der Waals surface area contributed by atoms with Crippen molar-refractivity contribution in [1.82, 2.24) is 20.1 Å². The van der Waals surface area contributed by atoms with Crippen molar-refractivity contribution in [3.05, 3.63) is 41.6 Å². The lowest BCUT2D eigenvalue weighted by Gasteiger charge is -2.10. The summed E-state index contributed by atoms with van der Waals surface area (Å²) in [6, 6.07) is 8.39. The van der Waals surface area contributed by atoms with E-state index in [2.05, 4.69) is 76.0 Å². The maximum absolute atomic E-state index is 4.42. The van der Waals surface area contributed by atoms with Crippen molar-refractivity contribution in [2.24, 2.45) is 0 Å². The highest BCUT2D eigenvalue weighted by Gasteiger charge is 2.01. The molecule has 1 aromatic carbocycles. The lowest BCUT2D eigenvalue weighted by molar-refractivity contribution is 0.405. The van der Waals surface area contributed by atoms with Gasteiger partial charge in [0.25, 0.3) is 0 Å². The van der Waals surface area contributed by atoms with Gasteiger partial charge >= 0.3 is 0 Å². The molecule has 0 aliphatic carbocycles. The molecule has 1 heterocycles. The van der Waals surface area contributed by atoms with Gasteiger partial charge < -0.3 is 15.5 Å². The molecule has 6 heteroatoms. The molecule has 0 amide bonds. The first-order chi connectivity index (χ1) is 10.6. The Morgan fingerprint density at radius 1 is 1.18 bits per heavy atom. The maximum atomic E-state index is 4.42. The van der Waals surface area contributed by atoms with E-state index in [1.807, 2.05) is 0 Å². The van der Waals surface area contributed by atoms with Crippen LogP contribution in [0.3, 0.4) is 0 Å². The Labute approximate surface area is 132 Å². The van der Waals surface area contributed by atoms with Crippen molar-refractivity contribution < 1.29 is 0 Å². The molecule has 2 N–H and O–H groups in total. The summed E-state index contributed by atoms with van der Waals surface area (Å²) in [7, 11) is 4.13. The van der Waals surface area contributed by atoms with E-state index < -0.39 is 0 Å². The topological polar surface area (TPSA) is 66.0 Å². The number of rotatable bonds is 8. The van der Waals surface area contributed by atoms with Gasteiger partial charge in [-0.3, -0.25) is 0 Å². The number of benzene rings is 1. The minimum absolute atomic E-state index is 0.563. The fraction of sp³-hybridized carbons (Fsp3) is 0.438. The quantitative estimate of drug-likeness (QED) is 0.728. The smallest absolute Gasteiger partial charge is 0.244 e. The van der Waals surface area contributed by atoms with Crippen LogP contribution < -0.4 is 10.6 Å². The molecular weight excluding hydrogens is 276 g/mol. The summed E-state index contributed by atoms with van der Waals surface area (Å²) in [5.74, 6) is 1.29. The van der Waals surface area contributed by atoms with Crippen molar-refractivity contribution in [3.63, 3.8) is 0 Å². The van der Waals surface area contributed by atoms with Gasteiger partial charge in [-0.15, -0.1) is 5.10 Å². The summed E-state index contributed by atoms with van der Waals surface area (Å²) in [6.07, 6.45) is 2.68. The average Bonchev–Trinajstić information content (AvgIpc) is 2.50. The van der Waals surface area contributed by atoms with Crippen molar-refractivity contribution in [1.29, 1.82) is 0 Å². The lowest BCUT2D eigenvalue weighted by atomic mass is 10.1. The highest BCUT2D eigenvalue weighted by atomic mass is 15.3. The van der Waals surface area contributed by atoms with E-state index in [0.717, 1.165) is 31.9 Å². The molecule has 0 fully saturated rings. The highest BCUT2D eigenvalue weighted by molar-refractivity contribution is 5.38. The van der Waals surface area contributed by atoms with Crippen LogP contribution in [0.25, 0.3) is 0 Å². The third-order valence-corrected chi connectivity index (χ3v) is 3.18. The Morgan fingerprint density at radius 2 is 2.05 bits per heavy atom. The van der Waals surface area contributed by atoms with E-state index in [0.29, 0.717) is 5.95 Å².